The lowest BCUT2D eigenvalue weighted by molar-refractivity contribution is -0.384. The van der Waals surface area contributed by atoms with Crippen LogP contribution >= 0.6 is 0 Å². The lowest BCUT2D eigenvalue weighted by Crippen LogP contribution is -2.03. The van der Waals surface area contributed by atoms with Gasteiger partial charge in [-0.15, -0.1) is 0 Å². The van der Waals surface area contributed by atoms with Gasteiger partial charge in [-0.25, -0.2) is 4.79 Å². The second kappa shape index (κ2) is 4.92. The maximum atomic E-state index is 10.9. The minimum atomic E-state index is -0.573. The van der Waals surface area contributed by atoms with E-state index in [2.05, 4.69) is 4.74 Å². The van der Waals surface area contributed by atoms with Crippen LogP contribution in [0.4, 0.5) is 5.69 Å². The van der Waals surface area contributed by atoms with Gasteiger partial charge in [0.25, 0.3) is 5.69 Å². The van der Waals surface area contributed by atoms with Crippen LogP contribution in [0.5, 0.6) is 0 Å². The monoisotopic (exact) mass is 222 g/mol. The number of nitrogens with two attached hydrogens (primary N) is 1. The normalized spacial score (nSPS) is 10.9. The summed E-state index contributed by atoms with van der Waals surface area (Å²) in [6.07, 6.45) is 1.11. The fourth-order valence-electron chi connectivity index (χ4n) is 1.04. The second-order valence-corrected chi connectivity index (χ2v) is 2.93. The number of methoxy groups -OCH3 is 1. The first-order valence-electron chi connectivity index (χ1n) is 4.34. The molecular weight excluding hydrogens is 212 g/mol. The molecule has 1 rings (SSSR count). The van der Waals surface area contributed by atoms with Crippen LogP contribution < -0.4 is 5.73 Å². The number of nitrogens with zero attached hydrogens (tertiary/aromatic N) is 1. The number of hydrogen-bond acceptors (Lipinski definition) is 5. The van der Waals surface area contributed by atoms with E-state index in [1.807, 2.05) is 0 Å². The van der Waals surface area contributed by atoms with Gasteiger partial charge in [0.1, 0.15) is 0 Å². The van der Waals surface area contributed by atoms with E-state index in [0.29, 0.717) is 5.56 Å². The van der Waals surface area contributed by atoms with Crippen molar-refractivity contribution in [2.24, 2.45) is 5.73 Å². The van der Waals surface area contributed by atoms with Crippen molar-refractivity contribution in [3.8, 4) is 0 Å². The Labute approximate surface area is 91.5 Å². The Morgan fingerprint density at radius 1 is 1.44 bits per heavy atom. The Kier molecular flexibility index (Phi) is 3.60. The summed E-state index contributed by atoms with van der Waals surface area (Å²) in [5.41, 5.74) is 6.28. The van der Waals surface area contributed by atoms with E-state index >= 15 is 0 Å². The van der Waals surface area contributed by atoms with Crippen molar-refractivity contribution in [3.05, 3.63) is 46.0 Å². The molecule has 16 heavy (non-hydrogen) atoms. The van der Waals surface area contributed by atoms with E-state index in [1.54, 1.807) is 0 Å². The molecule has 0 fully saturated rings. The predicted octanol–water partition coefficient (Wildman–Crippen LogP) is 1.07. The van der Waals surface area contributed by atoms with Gasteiger partial charge >= 0.3 is 5.97 Å². The van der Waals surface area contributed by atoms with Gasteiger partial charge in [0.05, 0.1) is 12.0 Å². The Morgan fingerprint density at radius 3 is 2.44 bits per heavy atom. The quantitative estimate of drug-likeness (QED) is 0.357. The molecule has 0 atom stereocenters. The number of rotatable bonds is 3. The molecule has 0 saturated carbocycles. The molecule has 1 aromatic rings. The molecule has 0 aromatic heterocycles. The van der Waals surface area contributed by atoms with Gasteiger partial charge < -0.3 is 10.5 Å². The summed E-state index contributed by atoms with van der Waals surface area (Å²) in [6.45, 7) is 0. The third-order valence-corrected chi connectivity index (χ3v) is 1.89. The van der Waals surface area contributed by atoms with Gasteiger partial charge in [-0.2, -0.15) is 0 Å². The Bertz CT molecular complexity index is 437. The van der Waals surface area contributed by atoms with Gasteiger partial charge in [-0.1, -0.05) is 0 Å². The number of carbonyl (C=O) groups is 1. The Hall–Kier alpha value is -2.37. The number of non-ortho nitro benzene ring substituents is 1. The fourth-order valence-corrected chi connectivity index (χ4v) is 1.04. The summed E-state index contributed by atoms with van der Waals surface area (Å²) in [7, 11) is 1.24. The molecule has 0 spiro atoms. The van der Waals surface area contributed by atoms with Crippen molar-refractivity contribution in [2.45, 2.75) is 0 Å². The predicted molar refractivity (Wildman–Crippen MR) is 57.3 cm³/mol. The largest absolute Gasteiger partial charge is 0.466 e. The molecule has 6 heteroatoms. The van der Waals surface area contributed by atoms with Crippen LogP contribution in [0.1, 0.15) is 5.56 Å². The maximum Gasteiger partial charge on any atom is 0.332 e. The topological polar surface area (TPSA) is 95.5 Å². The average molecular weight is 222 g/mol. The highest BCUT2D eigenvalue weighted by molar-refractivity contribution is 5.90. The zero-order chi connectivity index (χ0) is 12.1. The van der Waals surface area contributed by atoms with Crippen molar-refractivity contribution in [3.63, 3.8) is 0 Å². The maximum absolute atomic E-state index is 10.9. The van der Waals surface area contributed by atoms with Crippen molar-refractivity contribution < 1.29 is 14.5 Å². The van der Waals surface area contributed by atoms with Gasteiger partial charge in [0.15, 0.2) is 0 Å². The molecule has 0 aliphatic heterocycles. The van der Waals surface area contributed by atoms with Crippen LogP contribution in [0.3, 0.4) is 0 Å². The molecule has 0 saturated heterocycles. The minimum Gasteiger partial charge on any atom is -0.466 e. The highest BCUT2D eigenvalue weighted by atomic mass is 16.6. The molecule has 84 valence electrons. The van der Waals surface area contributed by atoms with Crippen molar-refractivity contribution in [2.75, 3.05) is 7.11 Å². The Balaban J connectivity index is 2.94. The average Bonchev–Trinajstić information content (AvgIpc) is 2.28. The third-order valence-electron chi connectivity index (χ3n) is 1.89. The zero-order valence-electron chi connectivity index (χ0n) is 8.54. The number of ether oxygens (including phenoxy) is 1. The number of nitro groups is 1. The van der Waals surface area contributed by atoms with Crippen molar-refractivity contribution >= 4 is 17.4 Å². The van der Waals surface area contributed by atoms with Crippen LogP contribution in [0.2, 0.25) is 0 Å². The van der Waals surface area contributed by atoms with Crippen LogP contribution in [0.15, 0.2) is 30.3 Å². The van der Waals surface area contributed by atoms with Crippen LogP contribution in [0.25, 0.3) is 5.70 Å². The molecule has 0 aliphatic rings. The third kappa shape index (κ3) is 2.81. The molecule has 0 heterocycles. The summed E-state index contributed by atoms with van der Waals surface area (Å²) in [4.78, 5) is 20.8. The van der Waals surface area contributed by atoms with Gasteiger partial charge in [0.2, 0.25) is 0 Å². The zero-order valence-corrected chi connectivity index (χ0v) is 8.54. The van der Waals surface area contributed by atoms with Crippen molar-refractivity contribution in [1.82, 2.24) is 0 Å². The van der Waals surface area contributed by atoms with E-state index in [9.17, 15) is 14.9 Å². The second-order valence-electron chi connectivity index (χ2n) is 2.93. The van der Waals surface area contributed by atoms with E-state index in [4.69, 9.17) is 5.73 Å². The van der Waals surface area contributed by atoms with Crippen LogP contribution in [-0.4, -0.2) is 18.0 Å². The summed E-state index contributed by atoms with van der Waals surface area (Å²) >= 11 is 0. The SMILES string of the molecule is COC(=O)/C=C(\N)c1ccc([N+](=O)[O-])cc1. The standard InChI is InChI=1S/C10H10N2O4/c1-16-10(13)6-9(11)7-2-4-8(5-3-7)12(14)15/h2-6H,11H2,1H3/b9-6-. The first kappa shape index (κ1) is 11.7. The lowest BCUT2D eigenvalue weighted by atomic mass is 10.1. The fraction of sp³-hybridized carbons (Fsp3) is 0.100. The molecule has 0 bridgehead atoms. The van der Waals surface area contributed by atoms with E-state index in [-0.39, 0.29) is 11.4 Å². The molecule has 0 amide bonds. The van der Waals surface area contributed by atoms with Crippen LogP contribution in [-0.2, 0) is 9.53 Å². The highest BCUT2D eigenvalue weighted by Crippen LogP contribution is 2.15. The van der Waals surface area contributed by atoms with E-state index in [0.717, 1.165) is 6.08 Å². The van der Waals surface area contributed by atoms with Gasteiger partial charge in [0, 0.05) is 23.9 Å². The number of carbonyl (C=O) groups excluding carboxylic acids is 1. The molecule has 0 radical (unpaired) electrons. The number of hydrogen-bond donors (Lipinski definition) is 1. The van der Waals surface area contributed by atoms with E-state index in [1.165, 1.54) is 31.4 Å². The molecule has 0 aliphatic carbocycles. The number of benzene rings is 1. The molecule has 6 nitrogen and oxygen atoms in total. The summed E-state index contributed by atoms with van der Waals surface area (Å²) in [5.74, 6) is -0.573. The number of esters is 1. The summed E-state index contributed by atoms with van der Waals surface area (Å²) in [5, 5.41) is 10.4. The molecule has 0 unspecified atom stereocenters. The summed E-state index contributed by atoms with van der Waals surface area (Å²) < 4.78 is 4.40. The number of nitro benzene ring substituents is 1. The lowest BCUT2D eigenvalue weighted by Gasteiger charge is -2.00. The first-order chi connectivity index (χ1) is 7.54. The smallest absolute Gasteiger partial charge is 0.332 e. The Morgan fingerprint density at radius 2 is 2.00 bits per heavy atom. The van der Waals surface area contributed by atoms with Crippen LogP contribution in [0, 0.1) is 10.1 Å². The minimum absolute atomic E-state index is 0.0328. The van der Waals surface area contributed by atoms with Gasteiger partial charge in [-0.3, -0.25) is 10.1 Å². The molecule has 1 aromatic carbocycles. The van der Waals surface area contributed by atoms with Gasteiger partial charge in [-0.05, 0) is 17.7 Å². The summed E-state index contributed by atoms with van der Waals surface area (Å²) in [6, 6.07) is 5.56. The highest BCUT2D eigenvalue weighted by Gasteiger charge is 2.06. The van der Waals surface area contributed by atoms with E-state index < -0.39 is 10.9 Å². The first-order valence-corrected chi connectivity index (χ1v) is 4.34. The van der Waals surface area contributed by atoms with Crippen molar-refractivity contribution in [1.29, 1.82) is 0 Å². The molecule has 2 N–H and O–H groups in total. The molecular formula is C10H10N2O4.